The van der Waals surface area contributed by atoms with Crippen LogP contribution in [-0.4, -0.2) is 27.0 Å². The molecule has 0 radical (unpaired) electrons. The fraction of sp³-hybridized carbons (Fsp3) is 0.269. The molecule has 0 aliphatic carbocycles. The van der Waals surface area contributed by atoms with Gasteiger partial charge < -0.3 is 14.8 Å². The van der Waals surface area contributed by atoms with E-state index in [1.807, 2.05) is 45.9 Å². The highest BCUT2D eigenvalue weighted by Crippen LogP contribution is 2.22. The summed E-state index contributed by atoms with van der Waals surface area (Å²) in [5.41, 5.74) is 3.14. The van der Waals surface area contributed by atoms with Crippen LogP contribution >= 0.6 is 0 Å². The van der Waals surface area contributed by atoms with Crippen LogP contribution in [0.3, 0.4) is 0 Å². The minimum absolute atomic E-state index is 0.0813. The van der Waals surface area contributed by atoms with E-state index in [-0.39, 0.29) is 10.8 Å². The zero-order valence-electron chi connectivity index (χ0n) is 19.8. The van der Waals surface area contributed by atoms with E-state index in [1.165, 1.54) is 12.1 Å². The van der Waals surface area contributed by atoms with Crippen LogP contribution in [0.4, 0.5) is 11.4 Å². The van der Waals surface area contributed by atoms with Crippen molar-refractivity contribution in [1.29, 1.82) is 0 Å². The van der Waals surface area contributed by atoms with Gasteiger partial charge in [0.2, 0.25) is 0 Å². The van der Waals surface area contributed by atoms with Gasteiger partial charge in [0.05, 0.1) is 11.5 Å². The van der Waals surface area contributed by atoms with Crippen LogP contribution in [0, 0.1) is 13.8 Å². The van der Waals surface area contributed by atoms with Crippen molar-refractivity contribution in [2.24, 2.45) is 0 Å². The van der Waals surface area contributed by atoms with Gasteiger partial charge in [0.15, 0.2) is 6.10 Å². The molecule has 0 aliphatic rings. The van der Waals surface area contributed by atoms with E-state index >= 15 is 0 Å². The second-order valence-corrected chi connectivity index (χ2v) is 9.52. The molecule has 1 amide bonds. The SMILES string of the molecule is CCOc1ccc(NS(=O)(=O)c2ccc(NC(=O)C(CC)Oc3ccc(C)c(C)c3)cc2)cc1. The van der Waals surface area contributed by atoms with Crippen LogP contribution in [0.25, 0.3) is 0 Å². The Balaban J connectivity index is 1.64. The molecule has 3 aromatic rings. The van der Waals surface area contributed by atoms with Gasteiger partial charge >= 0.3 is 0 Å². The van der Waals surface area contributed by atoms with Crippen LogP contribution in [0.15, 0.2) is 71.6 Å². The lowest BCUT2D eigenvalue weighted by Crippen LogP contribution is -2.32. The highest BCUT2D eigenvalue weighted by atomic mass is 32.2. The van der Waals surface area contributed by atoms with Crippen molar-refractivity contribution in [3.63, 3.8) is 0 Å². The summed E-state index contributed by atoms with van der Waals surface area (Å²) >= 11 is 0. The summed E-state index contributed by atoms with van der Waals surface area (Å²) in [6, 6.07) is 18.4. The Morgan fingerprint density at radius 3 is 2.06 bits per heavy atom. The first-order valence-electron chi connectivity index (χ1n) is 11.1. The van der Waals surface area contributed by atoms with Gasteiger partial charge in [-0.1, -0.05) is 13.0 Å². The molecule has 1 unspecified atom stereocenters. The van der Waals surface area contributed by atoms with Gasteiger partial charge in [-0.2, -0.15) is 0 Å². The lowest BCUT2D eigenvalue weighted by molar-refractivity contribution is -0.122. The van der Waals surface area contributed by atoms with Crippen molar-refractivity contribution >= 4 is 27.3 Å². The zero-order chi connectivity index (χ0) is 24.7. The Labute approximate surface area is 201 Å². The Morgan fingerprint density at radius 1 is 0.853 bits per heavy atom. The molecule has 0 spiro atoms. The topological polar surface area (TPSA) is 93.7 Å². The molecule has 180 valence electrons. The van der Waals surface area contributed by atoms with Gasteiger partial charge in [-0.15, -0.1) is 0 Å². The monoisotopic (exact) mass is 482 g/mol. The van der Waals surface area contributed by atoms with Crippen LogP contribution in [0.2, 0.25) is 0 Å². The molecule has 2 N–H and O–H groups in total. The molecular formula is C26H30N2O5S. The molecule has 0 saturated heterocycles. The lowest BCUT2D eigenvalue weighted by atomic mass is 10.1. The normalized spacial score (nSPS) is 12.0. The predicted octanol–water partition coefficient (Wildman–Crippen LogP) is 5.30. The van der Waals surface area contributed by atoms with Crippen LogP contribution in [-0.2, 0) is 14.8 Å². The number of rotatable bonds is 10. The van der Waals surface area contributed by atoms with E-state index in [0.717, 1.165) is 11.1 Å². The van der Waals surface area contributed by atoms with Crippen molar-refractivity contribution in [3.05, 3.63) is 77.9 Å². The largest absolute Gasteiger partial charge is 0.494 e. The molecule has 3 aromatic carbocycles. The van der Waals surface area contributed by atoms with Crippen molar-refractivity contribution in [3.8, 4) is 11.5 Å². The molecule has 1 atom stereocenters. The number of ether oxygens (including phenoxy) is 2. The number of nitrogens with one attached hydrogen (secondary N) is 2. The van der Waals surface area contributed by atoms with Crippen LogP contribution in [0.5, 0.6) is 11.5 Å². The molecule has 0 aromatic heterocycles. The van der Waals surface area contributed by atoms with Crippen LogP contribution in [0.1, 0.15) is 31.4 Å². The highest BCUT2D eigenvalue weighted by Gasteiger charge is 2.20. The molecule has 0 fully saturated rings. The number of sulfonamides is 1. The van der Waals surface area contributed by atoms with Crippen LogP contribution < -0.4 is 19.5 Å². The smallest absolute Gasteiger partial charge is 0.265 e. The maximum atomic E-state index is 12.7. The van der Waals surface area contributed by atoms with Gasteiger partial charge in [-0.3, -0.25) is 9.52 Å². The number of hydrogen-bond acceptors (Lipinski definition) is 5. The fourth-order valence-electron chi connectivity index (χ4n) is 3.21. The number of amides is 1. The van der Waals surface area contributed by atoms with Crippen molar-refractivity contribution in [2.75, 3.05) is 16.6 Å². The summed E-state index contributed by atoms with van der Waals surface area (Å²) in [6.07, 6.45) is -0.191. The molecule has 8 heteroatoms. The van der Waals surface area contributed by atoms with E-state index in [0.29, 0.717) is 35.9 Å². The Morgan fingerprint density at radius 2 is 1.47 bits per heavy atom. The molecule has 0 bridgehead atoms. The number of benzene rings is 3. The average molecular weight is 483 g/mol. The summed E-state index contributed by atoms with van der Waals surface area (Å²) in [5, 5.41) is 2.79. The molecule has 7 nitrogen and oxygen atoms in total. The molecule has 0 saturated carbocycles. The second kappa shape index (κ2) is 11.1. The summed E-state index contributed by atoms with van der Waals surface area (Å²) < 4.78 is 39.2. The first kappa shape index (κ1) is 25.1. The van der Waals surface area contributed by atoms with Crippen molar-refractivity contribution in [1.82, 2.24) is 0 Å². The fourth-order valence-corrected chi connectivity index (χ4v) is 4.27. The summed E-state index contributed by atoms with van der Waals surface area (Å²) in [7, 11) is -3.78. The number of aryl methyl sites for hydroxylation is 2. The standard InChI is InChI=1S/C26H30N2O5S/c1-5-25(33-23-12-7-18(3)19(4)17-23)26(29)27-20-10-15-24(16-11-20)34(30,31)28-21-8-13-22(14-9-21)32-6-2/h7-17,25,28H,5-6H2,1-4H3,(H,27,29). The number of carbonyl (C=O) groups excluding carboxylic acids is 1. The summed E-state index contributed by atoms with van der Waals surface area (Å²) in [6.45, 7) is 8.28. The van der Waals surface area contributed by atoms with Gasteiger partial charge in [-0.05, 0) is 99.0 Å². The van der Waals surface area contributed by atoms with Gasteiger partial charge in [0.1, 0.15) is 11.5 Å². The first-order valence-corrected chi connectivity index (χ1v) is 12.6. The Bertz CT molecular complexity index is 1220. The molecular weight excluding hydrogens is 452 g/mol. The quantitative estimate of drug-likeness (QED) is 0.409. The highest BCUT2D eigenvalue weighted by molar-refractivity contribution is 7.92. The van der Waals surface area contributed by atoms with Crippen molar-refractivity contribution in [2.45, 2.75) is 45.1 Å². The third-order valence-corrected chi connectivity index (χ3v) is 6.67. The third-order valence-electron chi connectivity index (χ3n) is 5.27. The molecule has 3 rings (SSSR count). The van der Waals surface area contributed by atoms with E-state index in [1.54, 1.807) is 36.4 Å². The lowest BCUT2D eigenvalue weighted by Gasteiger charge is -2.18. The molecule has 0 aliphatic heterocycles. The molecule has 0 heterocycles. The Hall–Kier alpha value is -3.52. The van der Waals surface area contributed by atoms with Gasteiger partial charge in [0, 0.05) is 11.4 Å². The van der Waals surface area contributed by atoms with E-state index in [4.69, 9.17) is 9.47 Å². The average Bonchev–Trinajstić information content (AvgIpc) is 2.81. The second-order valence-electron chi connectivity index (χ2n) is 7.84. The number of anilines is 2. The summed E-state index contributed by atoms with van der Waals surface area (Å²) in [5.74, 6) is 0.994. The first-order chi connectivity index (χ1) is 16.2. The minimum atomic E-state index is -3.78. The summed E-state index contributed by atoms with van der Waals surface area (Å²) in [4.78, 5) is 12.8. The zero-order valence-corrected chi connectivity index (χ0v) is 20.6. The van der Waals surface area contributed by atoms with Crippen molar-refractivity contribution < 1.29 is 22.7 Å². The van der Waals surface area contributed by atoms with Gasteiger partial charge in [0.25, 0.3) is 15.9 Å². The number of hydrogen-bond donors (Lipinski definition) is 2. The maximum Gasteiger partial charge on any atom is 0.265 e. The third kappa shape index (κ3) is 6.51. The van der Waals surface area contributed by atoms with Gasteiger partial charge in [-0.25, -0.2) is 8.42 Å². The predicted molar refractivity (Wildman–Crippen MR) is 134 cm³/mol. The van der Waals surface area contributed by atoms with E-state index in [9.17, 15) is 13.2 Å². The van der Waals surface area contributed by atoms with E-state index in [2.05, 4.69) is 10.0 Å². The maximum absolute atomic E-state index is 12.7. The van der Waals surface area contributed by atoms with E-state index < -0.39 is 16.1 Å². The Kier molecular flexibility index (Phi) is 8.17. The molecule has 34 heavy (non-hydrogen) atoms. The minimum Gasteiger partial charge on any atom is -0.494 e. The number of carbonyl (C=O) groups is 1.